The number of nitrogens with zero attached hydrogens (tertiary/aromatic N) is 1. The van der Waals surface area contributed by atoms with Crippen molar-refractivity contribution >= 4 is 39.8 Å². The summed E-state index contributed by atoms with van der Waals surface area (Å²) in [6.07, 6.45) is 1.90. The van der Waals surface area contributed by atoms with Crippen molar-refractivity contribution < 1.29 is 8.42 Å². The summed E-state index contributed by atoms with van der Waals surface area (Å²) in [5.41, 5.74) is -0.122. The normalized spacial score (nSPS) is 13.0. The zero-order chi connectivity index (χ0) is 15.8. The number of aliphatic imine (C=N–C) groups is 1. The monoisotopic (exact) mass is 433 g/mol. The molecule has 5 nitrogen and oxygen atoms in total. The van der Waals surface area contributed by atoms with E-state index in [9.17, 15) is 8.42 Å². The molecule has 0 aliphatic rings. The Kier molecular flexibility index (Phi) is 11.8. The van der Waals surface area contributed by atoms with Crippen molar-refractivity contribution in [1.29, 1.82) is 0 Å². The Hall–Kier alpha value is -0.0500. The average Bonchev–Trinajstić information content (AvgIpc) is 2.29. The van der Waals surface area contributed by atoms with Crippen LogP contribution >= 0.6 is 24.0 Å². The van der Waals surface area contributed by atoms with Gasteiger partial charge in [-0.1, -0.05) is 27.7 Å². The van der Waals surface area contributed by atoms with E-state index in [1.54, 1.807) is 0 Å². The summed E-state index contributed by atoms with van der Waals surface area (Å²) in [5, 5.41) is 6.49. The molecule has 0 heterocycles. The van der Waals surface area contributed by atoms with Gasteiger partial charge in [0.05, 0.1) is 5.75 Å². The second-order valence-corrected chi connectivity index (χ2v) is 8.77. The van der Waals surface area contributed by atoms with Crippen LogP contribution in [0.4, 0.5) is 0 Å². The molecule has 0 saturated heterocycles. The molecule has 0 aromatic rings. The zero-order valence-corrected chi connectivity index (χ0v) is 17.3. The molecule has 0 rings (SSSR count). The summed E-state index contributed by atoms with van der Waals surface area (Å²) in [6.45, 7) is 12.7. The summed E-state index contributed by atoms with van der Waals surface area (Å²) in [7, 11) is -2.91. The quantitative estimate of drug-likeness (QED) is 0.350. The van der Waals surface area contributed by atoms with Gasteiger partial charge in [0.25, 0.3) is 0 Å². The molecule has 0 aliphatic heterocycles. The Morgan fingerprint density at radius 1 is 1.24 bits per heavy atom. The van der Waals surface area contributed by atoms with Gasteiger partial charge >= 0.3 is 0 Å². The van der Waals surface area contributed by atoms with Crippen LogP contribution < -0.4 is 10.6 Å². The van der Waals surface area contributed by atoms with E-state index >= 15 is 0 Å². The summed E-state index contributed by atoms with van der Waals surface area (Å²) in [4.78, 5) is 4.56. The number of guanidine groups is 1. The lowest BCUT2D eigenvalue weighted by Gasteiger charge is -2.23. The minimum Gasteiger partial charge on any atom is -0.357 e. The third-order valence-corrected chi connectivity index (χ3v) is 3.78. The third kappa shape index (κ3) is 14.6. The molecule has 128 valence electrons. The van der Waals surface area contributed by atoms with Gasteiger partial charge in [0.15, 0.2) is 5.96 Å². The molecule has 0 fully saturated rings. The lowest BCUT2D eigenvalue weighted by Crippen LogP contribution is -2.39. The van der Waals surface area contributed by atoms with E-state index in [4.69, 9.17) is 0 Å². The van der Waals surface area contributed by atoms with Crippen LogP contribution in [0.15, 0.2) is 4.99 Å². The number of hydrogen-bond acceptors (Lipinski definition) is 3. The van der Waals surface area contributed by atoms with Gasteiger partial charge in [0.1, 0.15) is 9.84 Å². The molecule has 0 aliphatic carbocycles. The minimum absolute atomic E-state index is 0. The van der Waals surface area contributed by atoms with Gasteiger partial charge in [-0.15, -0.1) is 24.0 Å². The third-order valence-electron chi connectivity index (χ3n) is 2.84. The highest BCUT2D eigenvalue weighted by Crippen LogP contribution is 2.21. The molecule has 0 saturated carbocycles. The first kappa shape index (κ1) is 23.2. The van der Waals surface area contributed by atoms with Gasteiger partial charge in [-0.2, -0.15) is 0 Å². The number of sulfone groups is 1. The van der Waals surface area contributed by atoms with Gasteiger partial charge in [-0.25, -0.2) is 8.42 Å². The summed E-state index contributed by atoms with van der Waals surface area (Å²) in [5.74, 6) is 1.57. The predicted molar refractivity (Wildman–Crippen MR) is 102 cm³/mol. The lowest BCUT2D eigenvalue weighted by molar-refractivity contribution is 0.365. The maximum atomic E-state index is 11.2. The Morgan fingerprint density at radius 3 is 2.24 bits per heavy atom. The average molecular weight is 433 g/mol. The number of nitrogens with one attached hydrogen (secondary N) is 2. The van der Waals surface area contributed by atoms with Crippen molar-refractivity contribution in [1.82, 2.24) is 10.6 Å². The van der Waals surface area contributed by atoms with E-state index in [0.717, 1.165) is 19.0 Å². The number of halogens is 1. The van der Waals surface area contributed by atoms with Gasteiger partial charge < -0.3 is 10.6 Å². The molecule has 0 aromatic carbocycles. The molecular weight excluding hydrogens is 401 g/mol. The van der Waals surface area contributed by atoms with Gasteiger partial charge in [-0.05, 0) is 24.7 Å². The van der Waals surface area contributed by atoms with Crippen molar-refractivity contribution in [2.45, 2.75) is 41.0 Å². The molecule has 2 N–H and O–H groups in total. The molecule has 0 unspecified atom stereocenters. The Labute approximate surface area is 147 Å². The number of rotatable bonds is 8. The maximum absolute atomic E-state index is 11.2. The van der Waals surface area contributed by atoms with Crippen LogP contribution in [-0.4, -0.2) is 46.0 Å². The fourth-order valence-electron chi connectivity index (χ4n) is 1.48. The Bertz CT molecular complexity index is 406. The Morgan fingerprint density at radius 2 is 1.81 bits per heavy atom. The van der Waals surface area contributed by atoms with E-state index in [2.05, 4.69) is 29.5 Å². The summed E-state index contributed by atoms with van der Waals surface area (Å²) >= 11 is 0. The topological polar surface area (TPSA) is 70.6 Å². The van der Waals surface area contributed by atoms with Crippen LogP contribution in [0.3, 0.4) is 0 Å². The fourth-order valence-corrected chi connectivity index (χ4v) is 2.40. The largest absolute Gasteiger partial charge is 0.357 e. The lowest BCUT2D eigenvalue weighted by atomic mass is 9.90. The van der Waals surface area contributed by atoms with Crippen molar-refractivity contribution in [3.63, 3.8) is 0 Å². The van der Waals surface area contributed by atoms with Crippen molar-refractivity contribution in [2.24, 2.45) is 16.3 Å². The molecule has 0 amide bonds. The van der Waals surface area contributed by atoms with E-state index in [1.165, 1.54) is 6.26 Å². The molecule has 0 atom stereocenters. The summed E-state index contributed by atoms with van der Waals surface area (Å²) in [6, 6.07) is 0. The van der Waals surface area contributed by atoms with Crippen LogP contribution in [0.5, 0.6) is 0 Å². The van der Waals surface area contributed by atoms with Crippen molar-refractivity contribution in [3.8, 4) is 0 Å². The van der Waals surface area contributed by atoms with E-state index in [0.29, 0.717) is 18.9 Å². The molecule has 0 bridgehead atoms. The highest BCUT2D eigenvalue weighted by atomic mass is 127. The number of hydrogen-bond donors (Lipinski definition) is 2. The van der Waals surface area contributed by atoms with Gasteiger partial charge in [0, 0.05) is 25.9 Å². The first-order valence-electron chi connectivity index (χ1n) is 7.25. The van der Waals surface area contributed by atoms with Crippen LogP contribution in [0.1, 0.15) is 41.0 Å². The van der Waals surface area contributed by atoms with E-state index in [1.807, 2.05) is 20.8 Å². The minimum atomic E-state index is -2.91. The van der Waals surface area contributed by atoms with Crippen molar-refractivity contribution in [2.75, 3.05) is 31.6 Å². The van der Waals surface area contributed by atoms with Crippen LogP contribution in [0.25, 0.3) is 0 Å². The maximum Gasteiger partial charge on any atom is 0.191 e. The Balaban J connectivity index is 0. The second kappa shape index (κ2) is 10.6. The molecule has 21 heavy (non-hydrogen) atoms. The second-order valence-electron chi connectivity index (χ2n) is 6.51. The first-order chi connectivity index (χ1) is 9.06. The zero-order valence-electron chi connectivity index (χ0n) is 14.2. The molecule has 7 heteroatoms. The molecular formula is C14H32IN3O2S. The van der Waals surface area contributed by atoms with E-state index in [-0.39, 0.29) is 35.1 Å². The van der Waals surface area contributed by atoms with Crippen LogP contribution in [0.2, 0.25) is 0 Å². The van der Waals surface area contributed by atoms with Crippen LogP contribution in [0, 0.1) is 11.3 Å². The highest BCUT2D eigenvalue weighted by Gasteiger charge is 2.20. The SMILES string of the molecule is CCNC(=NCC(C)(C)CCS(C)(=O)=O)NCC(C)C.I. The highest BCUT2D eigenvalue weighted by molar-refractivity contribution is 14.0. The predicted octanol–water partition coefficient (Wildman–Crippen LogP) is 2.28. The first-order valence-corrected chi connectivity index (χ1v) is 9.31. The van der Waals surface area contributed by atoms with Gasteiger partial charge in [0.2, 0.25) is 0 Å². The molecule has 0 radical (unpaired) electrons. The van der Waals surface area contributed by atoms with Gasteiger partial charge in [-0.3, -0.25) is 4.99 Å². The van der Waals surface area contributed by atoms with Crippen LogP contribution in [-0.2, 0) is 9.84 Å². The standard InChI is InChI=1S/C14H31N3O2S.HI/c1-7-15-13(16-10-12(2)3)17-11-14(4,5)8-9-20(6,18)19;/h12H,7-11H2,1-6H3,(H2,15,16,17);1H. The fraction of sp³-hybridized carbons (Fsp3) is 0.929. The smallest absolute Gasteiger partial charge is 0.191 e. The molecule has 0 spiro atoms. The molecule has 0 aromatic heterocycles. The summed E-state index contributed by atoms with van der Waals surface area (Å²) < 4.78 is 22.5. The van der Waals surface area contributed by atoms with Crippen molar-refractivity contribution in [3.05, 3.63) is 0 Å². The van der Waals surface area contributed by atoms with E-state index < -0.39 is 9.84 Å².